The van der Waals surface area contributed by atoms with E-state index in [9.17, 15) is 5.11 Å². The summed E-state index contributed by atoms with van der Waals surface area (Å²) in [5.74, 6) is 0.409. The molecule has 0 radical (unpaired) electrons. The van der Waals surface area contributed by atoms with Gasteiger partial charge in [-0.25, -0.2) is 0 Å². The van der Waals surface area contributed by atoms with Gasteiger partial charge in [0, 0.05) is 6.04 Å². The molecule has 1 atom stereocenters. The summed E-state index contributed by atoms with van der Waals surface area (Å²) in [5, 5.41) is 13.0. The molecule has 1 aliphatic heterocycles. The van der Waals surface area contributed by atoms with Gasteiger partial charge in [0.1, 0.15) is 5.75 Å². The van der Waals surface area contributed by atoms with Crippen LogP contribution in [0.15, 0.2) is 18.2 Å². The standard InChI is InChI=1S/C11H15NO/c1-8-9(4-2-6-11(8)13)10-5-3-7-12-10/h2,4,6,10,12-13H,3,5,7H2,1H3/t10-/m0/s1. The third-order valence-corrected chi connectivity index (χ3v) is 2.78. The molecule has 1 heterocycles. The first-order chi connectivity index (χ1) is 6.29. The first kappa shape index (κ1) is 8.57. The summed E-state index contributed by atoms with van der Waals surface area (Å²) in [5.41, 5.74) is 2.26. The van der Waals surface area contributed by atoms with Gasteiger partial charge in [-0.2, -0.15) is 0 Å². The maximum absolute atomic E-state index is 9.53. The van der Waals surface area contributed by atoms with Gasteiger partial charge in [-0.15, -0.1) is 0 Å². The van der Waals surface area contributed by atoms with Gasteiger partial charge in [-0.05, 0) is 43.5 Å². The van der Waals surface area contributed by atoms with E-state index in [1.807, 2.05) is 13.0 Å². The van der Waals surface area contributed by atoms with E-state index in [0.29, 0.717) is 11.8 Å². The van der Waals surface area contributed by atoms with Gasteiger partial charge >= 0.3 is 0 Å². The second-order valence-electron chi connectivity index (χ2n) is 3.64. The normalized spacial score (nSPS) is 22.1. The molecule has 2 N–H and O–H groups in total. The van der Waals surface area contributed by atoms with Crippen LogP contribution in [0.1, 0.15) is 30.0 Å². The average Bonchev–Trinajstić information content (AvgIpc) is 2.62. The first-order valence-corrected chi connectivity index (χ1v) is 4.81. The van der Waals surface area contributed by atoms with Gasteiger partial charge in [0.05, 0.1) is 0 Å². The third kappa shape index (κ3) is 1.54. The first-order valence-electron chi connectivity index (χ1n) is 4.81. The van der Waals surface area contributed by atoms with Crippen molar-refractivity contribution in [3.63, 3.8) is 0 Å². The minimum absolute atomic E-state index is 0.409. The number of benzene rings is 1. The number of hydrogen-bond donors (Lipinski definition) is 2. The Morgan fingerprint density at radius 1 is 1.46 bits per heavy atom. The molecule has 0 bridgehead atoms. The van der Waals surface area contributed by atoms with Crippen LogP contribution < -0.4 is 5.32 Å². The minimum atomic E-state index is 0.409. The summed E-state index contributed by atoms with van der Waals surface area (Å²) in [7, 11) is 0. The van der Waals surface area contributed by atoms with Crippen molar-refractivity contribution >= 4 is 0 Å². The van der Waals surface area contributed by atoms with Crippen molar-refractivity contribution in [1.29, 1.82) is 0 Å². The van der Waals surface area contributed by atoms with E-state index in [1.54, 1.807) is 6.07 Å². The molecule has 1 fully saturated rings. The highest BCUT2D eigenvalue weighted by molar-refractivity contribution is 5.40. The number of hydrogen-bond acceptors (Lipinski definition) is 2. The maximum Gasteiger partial charge on any atom is 0.118 e. The number of phenols is 1. The van der Waals surface area contributed by atoms with E-state index in [2.05, 4.69) is 11.4 Å². The zero-order valence-corrected chi connectivity index (χ0v) is 7.88. The quantitative estimate of drug-likeness (QED) is 0.688. The molecule has 1 saturated heterocycles. The largest absolute Gasteiger partial charge is 0.508 e. The molecule has 13 heavy (non-hydrogen) atoms. The molecule has 2 nitrogen and oxygen atoms in total. The summed E-state index contributed by atoms with van der Waals surface area (Å²) in [6.07, 6.45) is 2.42. The van der Waals surface area contributed by atoms with Crippen molar-refractivity contribution in [2.75, 3.05) is 6.54 Å². The molecule has 0 amide bonds. The van der Waals surface area contributed by atoms with Crippen LogP contribution >= 0.6 is 0 Å². The van der Waals surface area contributed by atoms with Gasteiger partial charge in [-0.1, -0.05) is 12.1 Å². The highest BCUT2D eigenvalue weighted by Crippen LogP contribution is 2.29. The fourth-order valence-corrected chi connectivity index (χ4v) is 1.97. The molecule has 1 aromatic rings. The second kappa shape index (κ2) is 3.38. The fraction of sp³-hybridized carbons (Fsp3) is 0.455. The molecule has 70 valence electrons. The molecule has 1 aromatic carbocycles. The van der Waals surface area contributed by atoms with Crippen LogP contribution in [0.4, 0.5) is 0 Å². The van der Waals surface area contributed by atoms with Crippen LogP contribution in [-0.2, 0) is 0 Å². The van der Waals surface area contributed by atoms with Crippen molar-refractivity contribution in [2.24, 2.45) is 0 Å². The van der Waals surface area contributed by atoms with Crippen molar-refractivity contribution in [2.45, 2.75) is 25.8 Å². The van der Waals surface area contributed by atoms with Gasteiger partial charge < -0.3 is 10.4 Å². The lowest BCUT2D eigenvalue weighted by Crippen LogP contribution is -2.13. The molecular weight excluding hydrogens is 162 g/mol. The van der Waals surface area contributed by atoms with Gasteiger partial charge in [0.25, 0.3) is 0 Å². The molecular formula is C11H15NO. The van der Waals surface area contributed by atoms with E-state index in [4.69, 9.17) is 0 Å². The third-order valence-electron chi connectivity index (χ3n) is 2.78. The maximum atomic E-state index is 9.53. The van der Waals surface area contributed by atoms with E-state index in [0.717, 1.165) is 12.1 Å². The fourth-order valence-electron chi connectivity index (χ4n) is 1.97. The molecule has 1 aliphatic rings. The molecule has 2 heteroatoms. The Morgan fingerprint density at radius 2 is 2.31 bits per heavy atom. The van der Waals surface area contributed by atoms with Gasteiger partial charge in [0.15, 0.2) is 0 Å². The molecule has 2 rings (SSSR count). The smallest absolute Gasteiger partial charge is 0.118 e. The Hall–Kier alpha value is -1.02. The monoisotopic (exact) mass is 177 g/mol. The van der Waals surface area contributed by atoms with Gasteiger partial charge in [0.2, 0.25) is 0 Å². The van der Waals surface area contributed by atoms with E-state index in [1.165, 1.54) is 18.4 Å². The zero-order chi connectivity index (χ0) is 9.26. The summed E-state index contributed by atoms with van der Waals surface area (Å²) in [6, 6.07) is 6.20. The second-order valence-corrected chi connectivity index (χ2v) is 3.64. The van der Waals surface area contributed by atoms with Gasteiger partial charge in [-0.3, -0.25) is 0 Å². The van der Waals surface area contributed by atoms with Crippen LogP contribution in [-0.4, -0.2) is 11.7 Å². The van der Waals surface area contributed by atoms with Crippen LogP contribution in [0, 0.1) is 6.92 Å². The molecule has 0 unspecified atom stereocenters. The predicted octanol–water partition coefficient (Wildman–Crippen LogP) is 2.13. The Bertz CT molecular complexity index is 303. The highest BCUT2D eigenvalue weighted by atomic mass is 16.3. The number of aromatic hydroxyl groups is 1. The molecule has 0 saturated carbocycles. The molecule has 0 aliphatic carbocycles. The van der Waals surface area contributed by atoms with E-state index < -0.39 is 0 Å². The SMILES string of the molecule is Cc1c(O)cccc1[C@@H]1CCCN1. The van der Waals surface area contributed by atoms with Crippen molar-refractivity contribution in [3.05, 3.63) is 29.3 Å². The van der Waals surface area contributed by atoms with Crippen molar-refractivity contribution in [3.8, 4) is 5.75 Å². The Morgan fingerprint density at radius 3 is 3.00 bits per heavy atom. The summed E-state index contributed by atoms with van der Waals surface area (Å²) in [6.45, 7) is 3.07. The zero-order valence-electron chi connectivity index (χ0n) is 7.88. The lowest BCUT2D eigenvalue weighted by molar-refractivity contribution is 0.468. The number of nitrogens with one attached hydrogen (secondary N) is 1. The topological polar surface area (TPSA) is 32.3 Å². The highest BCUT2D eigenvalue weighted by Gasteiger charge is 2.18. The van der Waals surface area contributed by atoms with Crippen LogP contribution in [0.25, 0.3) is 0 Å². The van der Waals surface area contributed by atoms with Crippen molar-refractivity contribution in [1.82, 2.24) is 5.32 Å². The number of phenolic OH excluding ortho intramolecular Hbond substituents is 1. The predicted molar refractivity (Wildman–Crippen MR) is 52.8 cm³/mol. The molecule has 0 spiro atoms. The number of rotatable bonds is 1. The minimum Gasteiger partial charge on any atom is -0.508 e. The lowest BCUT2D eigenvalue weighted by atomic mass is 9.99. The summed E-state index contributed by atoms with van der Waals surface area (Å²) >= 11 is 0. The van der Waals surface area contributed by atoms with Crippen molar-refractivity contribution < 1.29 is 5.11 Å². The summed E-state index contributed by atoms with van der Waals surface area (Å²) < 4.78 is 0. The lowest BCUT2D eigenvalue weighted by Gasteiger charge is -2.14. The van der Waals surface area contributed by atoms with Crippen LogP contribution in [0.5, 0.6) is 5.75 Å². The average molecular weight is 177 g/mol. The summed E-state index contributed by atoms with van der Waals surface area (Å²) in [4.78, 5) is 0. The van der Waals surface area contributed by atoms with Crippen LogP contribution in [0.3, 0.4) is 0 Å². The Labute approximate surface area is 78.6 Å². The van der Waals surface area contributed by atoms with E-state index in [-0.39, 0.29) is 0 Å². The molecule has 0 aromatic heterocycles. The Kier molecular flexibility index (Phi) is 2.23. The van der Waals surface area contributed by atoms with E-state index >= 15 is 0 Å². The Balaban J connectivity index is 2.33. The van der Waals surface area contributed by atoms with Crippen LogP contribution in [0.2, 0.25) is 0 Å².